The van der Waals surface area contributed by atoms with Crippen LogP contribution in [0.15, 0.2) is 41.8 Å². The highest BCUT2D eigenvalue weighted by Crippen LogP contribution is 2.35. The molecule has 10 nitrogen and oxygen atoms in total. The Morgan fingerprint density at radius 1 is 1.15 bits per heavy atom. The van der Waals surface area contributed by atoms with Crippen LogP contribution in [0.25, 0.3) is 0 Å². The number of hydrogen-bond donors (Lipinski definition) is 3. The van der Waals surface area contributed by atoms with Crippen molar-refractivity contribution in [3.63, 3.8) is 0 Å². The van der Waals surface area contributed by atoms with Gasteiger partial charge in [0.05, 0.1) is 10.4 Å². The summed E-state index contributed by atoms with van der Waals surface area (Å²) in [5.41, 5.74) is 1.91. The van der Waals surface area contributed by atoms with Crippen molar-refractivity contribution in [2.45, 2.75) is 38.1 Å². The lowest BCUT2D eigenvalue weighted by molar-refractivity contribution is -0.141. The van der Waals surface area contributed by atoms with Gasteiger partial charge >= 0.3 is 12.0 Å². The lowest BCUT2D eigenvalue weighted by Gasteiger charge is -2.33. The first kappa shape index (κ1) is 23.4. The zero-order valence-electron chi connectivity index (χ0n) is 18.5. The van der Waals surface area contributed by atoms with Crippen molar-refractivity contribution < 1.29 is 28.7 Å². The minimum Gasteiger partial charge on any atom is -0.452 e. The van der Waals surface area contributed by atoms with E-state index < -0.39 is 36.0 Å². The van der Waals surface area contributed by atoms with Gasteiger partial charge in [-0.2, -0.15) is 5.01 Å². The summed E-state index contributed by atoms with van der Waals surface area (Å²) >= 11 is 1.31. The Balaban J connectivity index is 1.27. The molecule has 5 amide bonds. The van der Waals surface area contributed by atoms with Crippen LogP contribution in [0.4, 0.5) is 10.5 Å². The van der Waals surface area contributed by atoms with Crippen LogP contribution in [0.2, 0.25) is 0 Å². The van der Waals surface area contributed by atoms with E-state index in [1.54, 1.807) is 29.6 Å². The molecule has 0 radical (unpaired) electrons. The van der Waals surface area contributed by atoms with E-state index in [1.165, 1.54) is 23.5 Å². The molecule has 2 fully saturated rings. The van der Waals surface area contributed by atoms with Crippen LogP contribution in [-0.2, 0) is 14.3 Å². The number of hydrazine groups is 1. The van der Waals surface area contributed by atoms with Crippen LogP contribution in [0.3, 0.4) is 0 Å². The van der Waals surface area contributed by atoms with Gasteiger partial charge in [0.15, 0.2) is 6.61 Å². The molecular formula is C23H24N4O6S. The molecule has 1 spiro atoms. The number of nitrogens with one attached hydrogen (secondary N) is 3. The Labute approximate surface area is 199 Å². The van der Waals surface area contributed by atoms with Gasteiger partial charge in [-0.15, -0.1) is 11.3 Å². The van der Waals surface area contributed by atoms with Gasteiger partial charge in [-0.3, -0.25) is 19.8 Å². The number of ether oxygens (including phenoxy) is 1. The van der Waals surface area contributed by atoms with Gasteiger partial charge < -0.3 is 15.4 Å². The number of benzene rings is 1. The fourth-order valence-electron chi connectivity index (χ4n) is 3.98. The lowest BCUT2D eigenvalue weighted by atomic mass is 9.77. The van der Waals surface area contributed by atoms with Crippen LogP contribution in [0.1, 0.15) is 52.6 Å². The molecule has 11 heteroatoms. The van der Waals surface area contributed by atoms with Crippen molar-refractivity contribution in [3.8, 4) is 0 Å². The van der Waals surface area contributed by atoms with Crippen molar-refractivity contribution >= 4 is 46.7 Å². The van der Waals surface area contributed by atoms with E-state index in [0.29, 0.717) is 34.3 Å². The van der Waals surface area contributed by atoms with Crippen molar-refractivity contribution in [1.29, 1.82) is 0 Å². The molecule has 2 aliphatic rings. The number of thiophene rings is 1. The molecule has 2 heterocycles. The molecule has 1 aliphatic carbocycles. The molecule has 1 aromatic carbocycles. The molecule has 34 heavy (non-hydrogen) atoms. The van der Waals surface area contributed by atoms with Gasteiger partial charge in [0.25, 0.3) is 17.7 Å². The quantitative estimate of drug-likeness (QED) is 0.426. The highest BCUT2D eigenvalue weighted by atomic mass is 32.1. The molecule has 2 aromatic rings. The summed E-state index contributed by atoms with van der Waals surface area (Å²) < 4.78 is 5.00. The number of urea groups is 1. The van der Waals surface area contributed by atoms with E-state index >= 15 is 0 Å². The number of carbonyl (C=O) groups is 5. The second-order valence-corrected chi connectivity index (χ2v) is 9.40. The first-order valence-electron chi connectivity index (χ1n) is 10.9. The van der Waals surface area contributed by atoms with Crippen molar-refractivity contribution in [2.75, 3.05) is 11.9 Å². The maximum atomic E-state index is 12.8. The van der Waals surface area contributed by atoms with Gasteiger partial charge in [0.2, 0.25) is 0 Å². The Hall–Kier alpha value is -3.73. The van der Waals surface area contributed by atoms with Crippen LogP contribution < -0.4 is 16.1 Å². The fraction of sp³-hybridized carbons (Fsp3) is 0.348. The van der Waals surface area contributed by atoms with Crippen molar-refractivity contribution in [3.05, 3.63) is 52.2 Å². The van der Waals surface area contributed by atoms with Gasteiger partial charge in [-0.05, 0) is 67.3 Å². The first-order valence-corrected chi connectivity index (χ1v) is 11.7. The summed E-state index contributed by atoms with van der Waals surface area (Å²) in [6.07, 6.45) is 2.65. The number of carbonyl (C=O) groups excluding carboxylic acids is 5. The maximum absolute atomic E-state index is 12.8. The molecule has 0 atom stereocenters. The number of imide groups is 1. The minimum absolute atomic E-state index is 0.173. The predicted molar refractivity (Wildman–Crippen MR) is 123 cm³/mol. The Kier molecular flexibility index (Phi) is 6.64. The van der Waals surface area contributed by atoms with E-state index in [-0.39, 0.29) is 11.5 Å². The van der Waals surface area contributed by atoms with Crippen molar-refractivity contribution in [1.82, 2.24) is 15.8 Å². The SMILES string of the molecule is CC1CCC2(CC1)NC(=O)N(NC(=O)COC(=O)c1ccc(NC(=O)c3cccs3)cc1)C2=O. The van der Waals surface area contributed by atoms with E-state index in [0.717, 1.165) is 12.8 Å². The van der Waals surface area contributed by atoms with Crippen LogP contribution in [0.5, 0.6) is 0 Å². The van der Waals surface area contributed by atoms with Crippen LogP contribution in [0, 0.1) is 5.92 Å². The zero-order chi connectivity index (χ0) is 24.3. The number of rotatable bonds is 6. The predicted octanol–water partition coefficient (Wildman–Crippen LogP) is 2.69. The molecule has 1 aromatic heterocycles. The highest BCUT2D eigenvalue weighted by molar-refractivity contribution is 7.12. The Morgan fingerprint density at radius 2 is 1.85 bits per heavy atom. The molecule has 0 unspecified atom stereocenters. The number of amides is 5. The molecule has 1 aliphatic heterocycles. The normalized spacial score (nSPS) is 21.8. The molecule has 3 N–H and O–H groups in total. The molecule has 0 bridgehead atoms. The van der Waals surface area contributed by atoms with Gasteiger partial charge in [0, 0.05) is 5.69 Å². The van der Waals surface area contributed by atoms with Crippen molar-refractivity contribution in [2.24, 2.45) is 5.92 Å². The van der Waals surface area contributed by atoms with E-state index in [2.05, 4.69) is 23.0 Å². The third kappa shape index (κ3) is 4.93. The van der Waals surface area contributed by atoms with E-state index in [1.807, 2.05) is 0 Å². The molecule has 178 valence electrons. The average molecular weight is 485 g/mol. The summed E-state index contributed by atoms with van der Waals surface area (Å²) in [5.74, 6) is -1.85. The average Bonchev–Trinajstić information content (AvgIpc) is 3.44. The second kappa shape index (κ2) is 9.64. The summed E-state index contributed by atoms with van der Waals surface area (Å²) in [6.45, 7) is 1.42. The Morgan fingerprint density at radius 3 is 2.50 bits per heavy atom. The number of esters is 1. The second-order valence-electron chi connectivity index (χ2n) is 8.46. The number of hydrogen-bond acceptors (Lipinski definition) is 7. The Bertz CT molecular complexity index is 1110. The van der Waals surface area contributed by atoms with Gasteiger partial charge in [0.1, 0.15) is 5.54 Å². The fourth-order valence-corrected chi connectivity index (χ4v) is 4.60. The third-order valence-corrected chi connectivity index (χ3v) is 6.85. The highest BCUT2D eigenvalue weighted by Gasteiger charge is 2.52. The largest absolute Gasteiger partial charge is 0.452 e. The smallest absolute Gasteiger partial charge is 0.344 e. The molecule has 1 saturated heterocycles. The summed E-state index contributed by atoms with van der Waals surface area (Å²) in [4.78, 5) is 62.2. The summed E-state index contributed by atoms with van der Waals surface area (Å²) in [5, 5.41) is 7.88. The monoisotopic (exact) mass is 484 g/mol. The standard InChI is InChI=1S/C23H24N4O6S/c1-14-8-10-23(11-9-14)21(31)27(22(32)25-23)26-18(28)13-33-20(30)15-4-6-16(7-5-15)24-19(29)17-3-2-12-34-17/h2-7,12,14H,8-11,13H2,1H3,(H,24,29)(H,25,32)(H,26,28). The summed E-state index contributed by atoms with van der Waals surface area (Å²) in [6, 6.07) is 8.77. The molecule has 1 saturated carbocycles. The summed E-state index contributed by atoms with van der Waals surface area (Å²) in [7, 11) is 0. The number of nitrogens with zero attached hydrogens (tertiary/aromatic N) is 1. The maximum Gasteiger partial charge on any atom is 0.344 e. The minimum atomic E-state index is -0.978. The topological polar surface area (TPSA) is 134 Å². The van der Waals surface area contributed by atoms with Gasteiger partial charge in [-0.25, -0.2) is 9.59 Å². The van der Waals surface area contributed by atoms with Crippen LogP contribution >= 0.6 is 11.3 Å². The molecular weight excluding hydrogens is 460 g/mol. The van der Waals surface area contributed by atoms with E-state index in [9.17, 15) is 24.0 Å². The van der Waals surface area contributed by atoms with Gasteiger partial charge in [-0.1, -0.05) is 13.0 Å². The van der Waals surface area contributed by atoms with Crippen LogP contribution in [-0.4, -0.2) is 46.9 Å². The number of anilines is 1. The lowest BCUT2D eigenvalue weighted by Crippen LogP contribution is -2.52. The third-order valence-electron chi connectivity index (χ3n) is 5.98. The first-order chi connectivity index (χ1) is 16.3. The van der Waals surface area contributed by atoms with E-state index in [4.69, 9.17) is 4.74 Å². The zero-order valence-corrected chi connectivity index (χ0v) is 19.3. The molecule has 4 rings (SSSR count).